The Morgan fingerprint density at radius 3 is 2.63 bits per heavy atom. The molecule has 3 N–H and O–H groups in total. The SMILES string of the molecule is Cc1ccc(C#N)c(NC(=O)O[C@@H]2C[C@@H]3C(=O)N[C@]4(C(=O)NS(=O)(=O)C5CC5)C[C@@H]4/C=C\CCCCN(C)C(=O)[C@H]3C2)c1. The first-order valence-electron chi connectivity index (χ1n) is 14.7. The van der Waals surface area contributed by atoms with Crippen molar-refractivity contribution in [2.24, 2.45) is 17.8 Å². The van der Waals surface area contributed by atoms with E-state index in [9.17, 15) is 32.9 Å². The van der Waals surface area contributed by atoms with E-state index in [1.54, 1.807) is 30.1 Å². The second-order valence-electron chi connectivity index (χ2n) is 12.1. The number of carbonyl (C=O) groups excluding carboxylic acids is 4. The summed E-state index contributed by atoms with van der Waals surface area (Å²) in [4.78, 5) is 55.1. The highest BCUT2D eigenvalue weighted by Crippen LogP contribution is 2.47. The number of fused-ring (bicyclic) bond motifs is 2. The van der Waals surface area contributed by atoms with Crippen molar-refractivity contribution in [1.29, 1.82) is 5.26 Å². The molecule has 1 heterocycles. The number of amides is 4. The molecule has 0 radical (unpaired) electrons. The Labute approximate surface area is 251 Å². The lowest BCUT2D eigenvalue weighted by molar-refractivity contribution is -0.140. The van der Waals surface area contributed by atoms with Crippen LogP contribution in [0.4, 0.5) is 10.5 Å². The lowest BCUT2D eigenvalue weighted by Gasteiger charge is -2.26. The molecule has 0 aromatic heterocycles. The van der Waals surface area contributed by atoms with Gasteiger partial charge >= 0.3 is 6.09 Å². The molecule has 3 fully saturated rings. The molecule has 0 bridgehead atoms. The van der Waals surface area contributed by atoms with Gasteiger partial charge in [-0.05, 0) is 76.0 Å². The van der Waals surface area contributed by atoms with Gasteiger partial charge in [0, 0.05) is 19.5 Å². The first-order chi connectivity index (χ1) is 20.4. The standard InChI is InChI=1S/C30H37N5O7S/c1-18-8-9-19(17-31)25(13-18)32-29(39)42-21-14-23-24(15-21)27(37)35(2)12-6-4-3-5-7-20-16-30(20,33-26(23)36)28(38)34-43(40,41)22-10-11-22/h5,7-9,13,20-24H,3-4,6,10-12,14-16H2,1-2H3,(H,32,39)(H,33,36)(H,34,38)/b7-5-/t20-,21+,23-,24-,30+/m0/s1. The molecule has 1 aromatic carbocycles. The van der Waals surface area contributed by atoms with Gasteiger partial charge in [-0.3, -0.25) is 24.4 Å². The fraction of sp³-hybridized carbons (Fsp3) is 0.567. The van der Waals surface area contributed by atoms with Crippen LogP contribution in [0.3, 0.4) is 0 Å². The second-order valence-corrected chi connectivity index (χ2v) is 14.1. The van der Waals surface area contributed by atoms with Gasteiger partial charge in [0.2, 0.25) is 21.8 Å². The van der Waals surface area contributed by atoms with Crippen molar-refractivity contribution in [3.63, 3.8) is 0 Å². The van der Waals surface area contributed by atoms with E-state index in [0.29, 0.717) is 25.1 Å². The van der Waals surface area contributed by atoms with Gasteiger partial charge in [-0.2, -0.15) is 5.26 Å². The highest BCUT2D eigenvalue weighted by atomic mass is 32.2. The highest BCUT2D eigenvalue weighted by Gasteiger charge is 2.62. The maximum Gasteiger partial charge on any atom is 0.411 e. The molecule has 3 saturated carbocycles. The fourth-order valence-corrected chi connectivity index (χ4v) is 7.41. The van der Waals surface area contributed by atoms with Crippen LogP contribution in [-0.2, 0) is 29.1 Å². The van der Waals surface area contributed by atoms with E-state index in [1.807, 2.05) is 25.1 Å². The number of hydrogen-bond acceptors (Lipinski definition) is 8. The lowest BCUT2D eigenvalue weighted by Crippen LogP contribution is -2.54. The maximum absolute atomic E-state index is 13.8. The molecule has 1 aromatic rings. The summed E-state index contributed by atoms with van der Waals surface area (Å²) in [6, 6.07) is 7.00. The van der Waals surface area contributed by atoms with Gasteiger partial charge in [-0.25, -0.2) is 13.2 Å². The number of rotatable bonds is 5. The van der Waals surface area contributed by atoms with Crippen molar-refractivity contribution in [1.82, 2.24) is 14.9 Å². The van der Waals surface area contributed by atoms with Crippen LogP contribution in [-0.4, -0.2) is 67.6 Å². The Hall–Kier alpha value is -3.92. The highest BCUT2D eigenvalue weighted by molar-refractivity contribution is 7.91. The minimum absolute atomic E-state index is 0.0427. The molecule has 5 rings (SSSR count). The van der Waals surface area contributed by atoms with Gasteiger partial charge in [0.15, 0.2) is 0 Å². The molecular weight excluding hydrogens is 574 g/mol. The summed E-state index contributed by atoms with van der Waals surface area (Å²) in [6.45, 7) is 2.32. The number of nitriles is 1. The molecule has 13 heteroatoms. The lowest BCUT2D eigenvalue weighted by atomic mass is 9.93. The summed E-state index contributed by atoms with van der Waals surface area (Å²) in [5.41, 5.74) is -0.0483. The van der Waals surface area contributed by atoms with E-state index in [4.69, 9.17) is 4.74 Å². The van der Waals surface area contributed by atoms with E-state index in [0.717, 1.165) is 24.8 Å². The third-order valence-corrected chi connectivity index (χ3v) is 10.6. The zero-order valence-electron chi connectivity index (χ0n) is 24.3. The predicted octanol–water partition coefficient (Wildman–Crippen LogP) is 2.49. The second kappa shape index (κ2) is 12.0. The van der Waals surface area contributed by atoms with Gasteiger partial charge in [0.1, 0.15) is 17.7 Å². The average Bonchev–Trinajstić information content (AvgIpc) is 3.87. The number of anilines is 1. The Balaban J connectivity index is 1.35. The van der Waals surface area contributed by atoms with Gasteiger partial charge in [-0.1, -0.05) is 18.2 Å². The van der Waals surface area contributed by atoms with Crippen molar-refractivity contribution in [2.75, 3.05) is 18.9 Å². The minimum atomic E-state index is -3.84. The minimum Gasteiger partial charge on any atom is -0.446 e. The summed E-state index contributed by atoms with van der Waals surface area (Å²) in [5.74, 6) is -3.68. The molecule has 1 aliphatic heterocycles. The zero-order chi connectivity index (χ0) is 30.9. The Bertz CT molecular complexity index is 1500. The summed E-state index contributed by atoms with van der Waals surface area (Å²) in [7, 11) is -2.16. The van der Waals surface area contributed by atoms with Crippen molar-refractivity contribution >= 4 is 39.5 Å². The molecule has 12 nitrogen and oxygen atoms in total. The number of aryl methyl sites for hydroxylation is 1. The average molecular weight is 612 g/mol. The monoisotopic (exact) mass is 611 g/mol. The van der Waals surface area contributed by atoms with E-state index < -0.39 is 56.7 Å². The molecule has 4 amide bonds. The number of nitrogens with one attached hydrogen (secondary N) is 3. The third kappa shape index (κ3) is 6.69. The number of allylic oxidation sites excluding steroid dienone is 1. The van der Waals surface area contributed by atoms with Gasteiger partial charge in [0.05, 0.1) is 28.3 Å². The Kier molecular flexibility index (Phi) is 8.51. The summed E-state index contributed by atoms with van der Waals surface area (Å²) in [6.07, 6.45) is 5.83. The molecule has 230 valence electrons. The van der Waals surface area contributed by atoms with Crippen LogP contribution in [0.5, 0.6) is 0 Å². The first kappa shape index (κ1) is 30.5. The van der Waals surface area contributed by atoms with E-state index in [2.05, 4.69) is 15.4 Å². The number of sulfonamides is 1. The predicted molar refractivity (Wildman–Crippen MR) is 156 cm³/mol. The summed E-state index contributed by atoms with van der Waals surface area (Å²) < 4.78 is 32.9. The van der Waals surface area contributed by atoms with Crippen LogP contribution in [0.1, 0.15) is 62.5 Å². The Morgan fingerprint density at radius 2 is 1.91 bits per heavy atom. The van der Waals surface area contributed by atoms with Crippen LogP contribution in [0.25, 0.3) is 0 Å². The molecule has 5 atom stereocenters. The van der Waals surface area contributed by atoms with E-state index >= 15 is 0 Å². The topological polar surface area (TPSA) is 175 Å². The summed E-state index contributed by atoms with van der Waals surface area (Å²) >= 11 is 0. The largest absolute Gasteiger partial charge is 0.446 e. The number of benzene rings is 1. The van der Waals surface area contributed by atoms with Gasteiger partial charge in [-0.15, -0.1) is 0 Å². The number of nitrogens with zero attached hydrogens (tertiary/aromatic N) is 2. The zero-order valence-corrected chi connectivity index (χ0v) is 25.1. The number of ether oxygens (including phenoxy) is 1. The van der Waals surface area contributed by atoms with Crippen LogP contribution < -0.4 is 15.4 Å². The van der Waals surface area contributed by atoms with Gasteiger partial charge < -0.3 is 15.0 Å². The molecule has 43 heavy (non-hydrogen) atoms. The van der Waals surface area contributed by atoms with Crippen molar-refractivity contribution in [3.05, 3.63) is 41.5 Å². The quantitative estimate of drug-likeness (QED) is 0.426. The summed E-state index contributed by atoms with van der Waals surface area (Å²) in [5, 5.41) is 14.2. The molecule has 3 aliphatic carbocycles. The Morgan fingerprint density at radius 1 is 1.16 bits per heavy atom. The van der Waals surface area contributed by atoms with Crippen LogP contribution in [0.2, 0.25) is 0 Å². The van der Waals surface area contributed by atoms with Crippen LogP contribution in [0, 0.1) is 36.0 Å². The molecular formula is C30H37N5O7S. The van der Waals surface area contributed by atoms with E-state index in [1.165, 1.54) is 0 Å². The van der Waals surface area contributed by atoms with Crippen molar-refractivity contribution < 1.29 is 32.3 Å². The van der Waals surface area contributed by atoms with E-state index in [-0.39, 0.29) is 36.7 Å². The number of hydrogen-bond donors (Lipinski definition) is 3. The van der Waals surface area contributed by atoms with Gasteiger partial charge in [0.25, 0.3) is 5.91 Å². The smallest absolute Gasteiger partial charge is 0.411 e. The molecule has 0 spiro atoms. The van der Waals surface area contributed by atoms with Crippen molar-refractivity contribution in [3.8, 4) is 6.07 Å². The third-order valence-electron chi connectivity index (χ3n) is 8.80. The van der Waals surface area contributed by atoms with Crippen LogP contribution >= 0.6 is 0 Å². The molecule has 4 aliphatic rings. The maximum atomic E-state index is 13.8. The molecule has 0 saturated heterocycles. The molecule has 0 unspecified atom stereocenters. The number of carbonyl (C=O) groups is 4. The van der Waals surface area contributed by atoms with Crippen LogP contribution in [0.15, 0.2) is 30.4 Å². The van der Waals surface area contributed by atoms with Crippen molar-refractivity contribution in [2.45, 2.75) is 75.2 Å². The fourth-order valence-electron chi connectivity index (χ4n) is 6.04. The normalized spacial score (nSPS) is 30.0. The first-order valence-corrected chi connectivity index (χ1v) is 16.3.